The molecule has 0 unspecified atom stereocenters. The number of hydrogen-bond acceptors (Lipinski definition) is 3. The van der Waals surface area contributed by atoms with Crippen LogP contribution in [-0.2, 0) is 4.79 Å². The Bertz CT molecular complexity index is 600. The monoisotopic (exact) mass is 362 g/mol. The lowest BCUT2D eigenvalue weighted by atomic mass is 9.99. The van der Waals surface area contributed by atoms with E-state index in [-0.39, 0.29) is 11.8 Å². The van der Waals surface area contributed by atoms with Gasteiger partial charge in [-0.3, -0.25) is 9.59 Å². The highest BCUT2D eigenvalue weighted by Crippen LogP contribution is 2.19. The third kappa shape index (κ3) is 5.61. The van der Waals surface area contributed by atoms with Gasteiger partial charge in [0.2, 0.25) is 5.91 Å². The molecule has 5 nitrogen and oxygen atoms in total. The molecule has 2 rings (SSSR count). The number of furan rings is 1. The third-order valence-corrected chi connectivity index (χ3v) is 5.32. The van der Waals surface area contributed by atoms with Crippen LogP contribution in [0.4, 0.5) is 0 Å². The fourth-order valence-corrected chi connectivity index (χ4v) is 3.53. The Morgan fingerprint density at radius 3 is 2.46 bits per heavy atom. The molecule has 2 amide bonds. The van der Waals surface area contributed by atoms with E-state index in [1.165, 1.54) is 0 Å². The number of nitrogens with zero attached hydrogens (tertiary/aromatic N) is 2. The van der Waals surface area contributed by atoms with Crippen molar-refractivity contribution in [2.45, 2.75) is 66.2 Å². The van der Waals surface area contributed by atoms with Crippen molar-refractivity contribution in [1.82, 2.24) is 9.80 Å². The summed E-state index contributed by atoms with van der Waals surface area (Å²) in [6.07, 6.45) is 5.73. The highest BCUT2D eigenvalue weighted by atomic mass is 16.3. The van der Waals surface area contributed by atoms with Gasteiger partial charge in [0.15, 0.2) is 0 Å². The summed E-state index contributed by atoms with van der Waals surface area (Å²) in [4.78, 5) is 29.3. The van der Waals surface area contributed by atoms with Crippen molar-refractivity contribution in [3.8, 4) is 0 Å². The summed E-state index contributed by atoms with van der Waals surface area (Å²) in [5.41, 5.74) is 0.623. The summed E-state index contributed by atoms with van der Waals surface area (Å²) in [6.45, 7) is 10.9. The molecule has 1 aliphatic heterocycles. The van der Waals surface area contributed by atoms with Gasteiger partial charge in [-0.25, -0.2) is 0 Å². The molecule has 0 spiro atoms. The number of piperidine rings is 1. The summed E-state index contributed by atoms with van der Waals surface area (Å²) >= 11 is 0. The minimum atomic E-state index is -0.0180. The first kappa shape index (κ1) is 20.5. The fraction of sp³-hybridized carbons (Fsp3) is 0.714. The number of carbonyl (C=O) groups excluding carboxylic acids is 2. The first-order valence-corrected chi connectivity index (χ1v) is 10.1. The largest absolute Gasteiger partial charge is 0.466 e. The van der Waals surface area contributed by atoms with E-state index in [0.29, 0.717) is 36.8 Å². The predicted molar refractivity (Wildman–Crippen MR) is 103 cm³/mol. The second-order valence-corrected chi connectivity index (χ2v) is 7.64. The predicted octanol–water partition coefficient (Wildman–Crippen LogP) is 4.18. The van der Waals surface area contributed by atoms with Crippen LogP contribution in [0.25, 0.3) is 0 Å². The van der Waals surface area contributed by atoms with Gasteiger partial charge in [-0.15, -0.1) is 0 Å². The van der Waals surface area contributed by atoms with Crippen LogP contribution in [-0.4, -0.2) is 47.8 Å². The Balaban J connectivity index is 1.96. The molecule has 0 N–H and O–H groups in total. The Labute approximate surface area is 157 Å². The first-order chi connectivity index (χ1) is 12.4. The van der Waals surface area contributed by atoms with Crippen LogP contribution < -0.4 is 0 Å². The molecular weight excluding hydrogens is 328 g/mol. The number of rotatable bonds is 8. The van der Waals surface area contributed by atoms with Gasteiger partial charge in [-0.1, -0.05) is 26.7 Å². The Morgan fingerprint density at radius 1 is 1.19 bits per heavy atom. The maximum Gasteiger partial charge on any atom is 0.257 e. The molecule has 0 aliphatic carbocycles. The van der Waals surface area contributed by atoms with Crippen molar-refractivity contribution in [1.29, 1.82) is 0 Å². The normalized spacial score (nSPS) is 15.3. The minimum absolute atomic E-state index is 0.0180. The number of aryl methyl sites for hydroxylation is 2. The summed E-state index contributed by atoms with van der Waals surface area (Å²) < 4.78 is 5.52. The second kappa shape index (κ2) is 9.79. The zero-order chi connectivity index (χ0) is 19.1. The SMILES string of the molecule is CCCCCN(CCC(=O)N1CCC(C)CC1)C(=O)c1cc(C)oc1C. The number of unbranched alkanes of at least 4 members (excludes halogenated alkanes) is 2. The molecule has 0 bridgehead atoms. The lowest BCUT2D eigenvalue weighted by molar-refractivity contribution is -0.132. The summed E-state index contributed by atoms with van der Waals surface area (Å²) in [5.74, 6) is 2.27. The quantitative estimate of drug-likeness (QED) is 0.652. The molecule has 26 heavy (non-hydrogen) atoms. The molecule has 1 aromatic rings. The second-order valence-electron chi connectivity index (χ2n) is 7.64. The number of hydrogen-bond donors (Lipinski definition) is 0. The smallest absolute Gasteiger partial charge is 0.257 e. The zero-order valence-corrected chi connectivity index (χ0v) is 16.8. The van der Waals surface area contributed by atoms with Gasteiger partial charge in [-0.2, -0.15) is 0 Å². The van der Waals surface area contributed by atoms with E-state index in [4.69, 9.17) is 4.42 Å². The van der Waals surface area contributed by atoms with Crippen LogP contribution in [0.15, 0.2) is 10.5 Å². The van der Waals surface area contributed by atoms with Crippen LogP contribution >= 0.6 is 0 Å². The third-order valence-electron chi connectivity index (χ3n) is 5.32. The summed E-state index contributed by atoms with van der Waals surface area (Å²) in [7, 11) is 0. The van der Waals surface area contributed by atoms with Gasteiger partial charge in [-0.05, 0) is 45.1 Å². The van der Waals surface area contributed by atoms with Gasteiger partial charge in [0.25, 0.3) is 5.91 Å². The van der Waals surface area contributed by atoms with Gasteiger partial charge < -0.3 is 14.2 Å². The van der Waals surface area contributed by atoms with E-state index in [1.807, 2.05) is 23.6 Å². The minimum Gasteiger partial charge on any atom is -0.466 e. The molecule has 2 heterocycles. The lowest BCUT2D eigenvalue weighted by Gasteiger charge is -2.31. The summed E-state index contributed by atoms with van der Waals surface area (Å²) in [5, 5.41) is 0. The van der Waals surface area contributed by atoms with Crippen molar-refractivity contribution in [2.75, 3.05) is 26.2 Å². The van der Waals surface area contributed by atoms with Crippen molar-refractivity contribution in [3.63, 3.8) is 0 Å². The van der Waals surface area contributed by atoms with Gasteiger partial charge in [0.1, 0.15) is 11.5 Å². The number of carbonyl (C=O) groups is 2. The zero-order valence-electron chi connectivity index (χ0n) is 16.8. The van der Waals surface area contributed by atoms with Crippen molar-refractivity contribution < 1.29 is 14.0 Å². The molecule has 0 saturated carbocycles. The molecule has 1 fully saturated rings. The number of likely N-dealkylation sites (tertiary alicyclic amines) is 1. The topological polar surface area (TPSA) is 53.8 Å². The molecule has 1 saturated heterocycles. The molecule has 5 heteroatoms. The number of amides is 2. The van der Waals surface area contributed by atoms with E-state index < -0.39 is 0 Å². The lowest BCUT2D eigenvalue weighted by Crippen LogP contribution is -2.41. The average molecular weight is 363 g/mol. The molecule has 0 radical (unpaired) electrons. The van der Waals surface area contributed by atoms with E-state index in [9.17, 15) is 9.59 Å². The van der Waals surface area contributed by atoms with Crippen LogP contribution in [0.5, 0.6) is 0 Å². The fourth-order valence-electron chi connectivity index (χ4n) is 3.53. The van der Waals surface area contributed by atoms with Crippen LogP contribution in [0.1, 0.15) is 74.3 Å². The molecule has 0 aromatic carbocycles. The molecule has 146 valence electrons. The van der Waals surface area contributed by atoms with Gasteiger partial charge >= 0.3 is 0 Å². The Kier molecular flexibility index (Phi) is 7.73. The van der Waals surface area contributed by atoms with Crippen LogP contribution in [0.3, 0.4) is 0 Å². The van der Waals surface area contributed by atoms with Gasteiger partial charge in [0.05, 0.1) is 5.56 Å². The van der Waals surface area contributed by atoms with Crippen LogP contribution in [0.2, 0.25) is 0 Å². The Morgan fingerprint density at radius 2 is 1.88 bits per heavy atom. The molecular formula is C21H34N2O3. The molecule has 1 aromatic heterocycles. The first-order valence-electron chi connectivity index (χ1n) is 10.1. The van der Waals surface area contributed by atoms with Gasteiger partial charge in [0, 0.05) is 32.6 Å². The maximum absolute atomic E-state index is 12.9. The standard InChI is InChI=1S/C21H34N2O3/c1-5-6-7-11-23(21(25)19-15-17(3)26-18(19)4)14-10-20(24)22-12-8-16(2)9-13-22/h15-16H,5-14H2,1-4H3. The van der Waals surface area contributed by atoms with Crippen LogP contribution in [0, 0.1) is 19.8 Å². The summed E-state index contributed by atoms with van der Waals surface area (Å²) in [6, 6.07) is 1.80. The highest BCUT2D eigenvalue weighted by Gasteiger charge is 2.24. The van der Waals surface area contributed by atoms with E-state index in [2.05, 4.69) is 13.8 Å². The van der Waals surface area contributed by atoms with E-state index >= 15 is 0 Å². The van der Waals surface area contributed by atoms with E-state index in [1.54, 1.807) is 6.07 Å². The van der Waals surface area contributed by atoms with E-state index in [0.717, 1.165) is 51.0 Å². The molecule has 0 atom stereocenters. The molecule has 1 aliphatic rings. The average Bonchev–Trinajstić information content (AvgIpc) is 2.96. The maximum atomic E-state index is 12.9. The van der Waals surface area contributed by atoms with Crippen molar-refractivity contribution >= 4 is 11.8 Å². The Hall–Kier alpha value is -1.78. The van der Waals surface area contributed by atoms with Crippen molar-refractivity contribution in [3.05, 3.63) is 23.2 Å². The van der Waals surface area contributed by atoms with Crippen molar-refractivity contribution in [2.24, 2.45) is 5.92 Å². The highest BCUT2D eigenvalue weighted by molar-refractivity contribution is 5.95.